The molecule has 0 N–H and O–H groups in total. The lowest BCUT2D eigenvalue weighted by Gasteiger charge is -2.05. The van der Waals surface area contributed by atoms with Gasteiger partial charge in [-0.3, -0.25) is 14.2 Å². The molecule has 0 fully saturated rings. The van der Waals surface area contributed by atoms with Gasteiger partial charge in [-0.2, -0.15) is 0 Å². The number of pyridine rings is 2. The van der Waals surface area contributed by atoms with Crippen LogP contribution in [0.1, 0.15) is 17.3 Å². The molecule has 0 aliphatic rings. The summed E-state index contributed by atoms with van der Waals surface area (Å²) in [5, 5.41) is 1.96. The highest BCUT2D eigenvalue weighted by Crippen LogP contribution is 2.33. The number of esters is 1. The Morgan fingerprint density at radius 1 is 1.30 bits per heavy atom. The van der Waals surface area contributed by atoms with E-state index in [0.29, 0.717) is 32.5 Å². The Morgan fingerprint density at radius 3 is 2.91 bits per heavy atom. The number of hydrogen-bond donors (Lipinski definition) is 0. The van der Waals surface area contributed by atoms with Crippen LogP contribution in [-0.2, 0) is 4.74 Å². The summed E-state index contributed by atoms with van der Waals surface area (Å²) in [6.07, 6.45) is 1.49. The van der Waals surface area contributed by atoms with Crippen molar-refractivity contribution >= 4 is 44.9 Å². The largest absolute Gasteiger partial charge is 0.462 e. The average Bonchev–Trinajstić information content (AvgIpc) is 2.87. The molecule has 6 heteroatoms. The van der Waals surface area contributed by atoms with Crippen molar-refractivity contribution in [3.8, 4) is 0 Å². The molecule has 3 aromatic heterocycles. The fraction of sp³-hybridized carbons (Fsp3) is 0.118. The second-order valence-corrected chi connectivity index (χ2v) is 5.61. The number of ether oxygens (including phenoxy) is 1. The standard InChI is InChI=1S/C17H11ClN2O3/c1-2-23-17(22)11-8-19-12-5-6-14(21)20-13-7-9(18)3-4-10(13)15(11)16(12)20/h3-8H,2H2,1H3. The minimum atomic E-state index is -0.456. The summed E-state index contributed by atoms with van der Waals surface area (Å²) < 4.78 is 6.66. The van der Waals surface area contributed by atoms with E-state index >= 15 is 0 Å². The number of halogens is 1. The van der Waals surface area contributed by atoms with Crippen molar-refractivity contribution in [3.63, 3.8) is 0 Å². The Kier molecular flexibility index (Phi) is 2.99. The van der Waals surface area contributed by atoms with E-state index in [1.165, 1.54) is 12.3 Å². The first-order valence-corrected chi connectivity index (χ1v) is 7.52. The number of rotatable bonds is 2. The molecule has 0 amide bonds. The maximum atomic E-state index is 12.4. The van der Waals surface area contributed by atoms with Crippen LogP contribution in [0.5, 0.6) is 0 Å². The third-order valence-corrected chi connectivity index (χ3v) is 4.11. The first kappa shape index (κ1) is 14.0. The van der Waals surface area contributed by atoms with Crippen molar-refractivity contribution in [1.82, 2.24) is 9.38 Å². The fourth-order valence-corrected chi connectivity index (χ4v) is 3.14. The molecule has 0 aliphatic carbocycles. The van der Waals surface area contributed by atoms with Gasteiger partial charge in [-0.25, -0.2) is 4.79 Å². The van der Waals surface area contributed by atoms with Gasteiger partial charge in [0.15, 0.2) is 0 Å². The van der Waals surface area contributed by atoms with Crippen LogP contribution >= 0.6 is 11.6 Å². The van der Waals surface area contributed by atoms with Gasteiger partial charge in [-0.15, -0.1) is 0 Å². The van der Waals surface area contributed by atoms with Crippen molar-refractivity contribution in [1.29, 1.82) is 0 Å². The van der Waals surface area contributed by atoms with Gasteiger partial charge in [0.05, 0.1) is 28.7 Å². The fourth-order valence-electron chi connectivity index (χ4n) is 2.98. The molecule has 0 atom stereocenters. The van der Waals surface area contributed by atoms with Crippen LogP contribution in [0, 0.1) is 0 Å². The van der Waals surface area contributed by atoms with Gasteiger partial charge in [0.2, 0.25) is 0 Å². The first-order valence-electron chi connectivity index (χ1n) is 7.14. The predicted molar refractivity (Wildman–Crippen MR) is 88.6 cm³/mol. The highest BCUT2D eigenvalue weighted by molar-refractivity contribution is 6.32. The molecule has 5 nitrogen and oxygen atoms in total. The SMILES string of the molecule is CCOC(=O)c1cnc2ccc(=O)n3c4cc(Cl)ccc4c1c23. The Balaban J connectivity index is 2.29. The molecule has 4 rings (SSSR count). The lowest BCUT2D eigenvalue weighted by molar-refractivity contribution is 0.0528. The Bertz CT molecular complexity index is 1130. The zero-order chi connectivity index (χ0) is 16.1. The Morgan fingerprint density at radius 2 is 2.13 bits per heavy atom. The molecule has 0 aliphatic heterocycles. The first-order chi connectivity index (χ1) is 11.1. The molecule has 3 heterocycles. The zero-order valence-electron chi connectivity index (χ0n) is 12.2. The summed E-state index contributed by atoms with van der Waals surface area (Å²) >= 11 is 6.08. The number of carbonyl (C=O) groups is 1. The quantitative estimate of drug-likeness (QED) is 0.530. The van der Waals surface area contributed by atoms with Gasteiger partial charge < -0.3 is 4.74 Å². The number of benzene rings is 1. The maximum Gasteiger partial charge on any atom is 0.340 e. The van der Waals surface area contributed by atoms with Crippen molar-refractivity contribution in [2.24, 2.45) is 0 Å². The third kappa shape index (κ3) is 1.90. The smallest absolute Gasteiger partial charge is 0.340 e. The second kappa shape index (κ2) is 4.93. The molecule has 0 unspecified atom stereocenters. The molecule has 1 aromatic carbocycles. The number of nitrogens with zero attached hydrogens (tertiary/aromatic N) is 2. The molecule has 0 saturated carbocycles. The van der Waals surface area contributed by atoms with E-state index in [9.17, 15) is 9.59 Å². The molecule has 0 spiro atoms. The number of carbonyl (C=O) groups excluding carboxylic acids is 1. The molecule has 114 valence electrons. The summed E-state index contributed by atoms with van der Waals surface area (Å²) in [6, 6.07) is 8.37. The minimum absolute atomic E-state index is 0.192. The van der Waals surface area contributed by atoms with Crippen molar-refractivity contribution in [2.75, 3.05) is 6.61 Å². The lowest BCUT2D eigenvalue weighted by Crippen LogP contribution is -2.11. The molecule has 0 radical (unpaired) electrons. The summed E-state index contributed by atoms with van der Waals surface area (Å²) in [5.41, 5.74) is 2.06. The van der Waals surface area contributed by atoms with Crippen molar-refractivity contribution < 1.29 is 9.53 Å². The van der Waals surface area contributed by atoms with Crippen LogP contribution in [0.2, 0.25) is 5.02 Å². The molecular weight excluding hydrogens is 316 g/mol. The van der Waals surface area contributed by atoms with Crippen molar-refractivity contribution in [2.45, 2.75) is 6.92 Å². The maximum absolute atomic E-state index is 12.4. The Hall–Kier alpha value is -2.66. The number of aromatic nitrogens is 2. The normalized spacial score (nSPS) is 11.6. The zero-order valence-corrected chi connectivity index (χ0v) is 12.9. The average molecular weight is 327 g/mol. The molecule has 0 saturated heterocycles. The monoisotopic (exact) mass is 326 g/mol. The van der Waals surface area contributed by atoms with E-state index in [0.717, 1.165) is 5.39 Å². The molecule has 4 aromatic rings. The third-order valence-electron chi connectivity index (χ3n) is 3.87. The molecule has 23 heavy (non-hydrogen) atoms. The van der Waals surface area contributed by atoms with E-state index in [1.807, 2.05) is 6.07 Å². The topological polar surface area (TPSA) is 60.7 Å². The van der Waals surface area contributed by atoms with Gasteiger partial charge in [0, 0.05) is 28.1 Å². The van der Waals surface area contributed by atoms with Crippen molar-refractivity contribution in [3.05, 3.63) is 57.5 Å². The minimum Gasteiger partial charge on any atom is -0.462 e. The van der Waals surface area contributed by atoms with Gasteiger partial charge in [-0.1, -0.05) is 17.7 Å². The van der Waals surface area contributed by atoms with E-state index in [2.05, 4.69) is 4.98 Å². The van der Waals surface area contributed by atoms with Crippen LogP contribution in [0.3, 0.4) is 0 Å². The van der Waals surface area contributed by atoms with Crippen LogP contribution in [0.15, 0.2) is 41.3 Å². The van der Waals surface area contributed by atoms with Crippen LogP contribution in [-0.4, -0.2) is 22.0 Å². The predicted octanol–water partition coefficient (Wildman–Crippen LogP) is 3.27. The summed E-state index contributed by atoms with van der Waals surface area (Å²) in [5.74, 6) is -0.456. The molecular formula is C17H11ClN2O3. The lowest BCUT2D eigenvalue weighted by atomic mass is 10.1. The highest BCUT2D eigenvalue weighted by Gasteiger charge is 2.21. The van der Waals surface area contributed by atoms with E-state index in [4.69, 9.17) is 16.3 Å². The Labute approximate surface area is 135 Å². The second-order valence-electron chi connectivity index (χ2n) is 5.17. The van der Waals surface area contributed by atoms with Gasteiger partial charge >= 0.3 is 5.97 Å². The van der Waals surface area contributed by atoms with Gasteiger partial charge in [0.1, 0.15) is 0 Å². The summed E-state index contributed by atoms with van der Waals surface area (Å²) in [4.78, 5) is 28.9. The van der Waals surface area contributed by atoms with E-state index in [1.54, 1.807) is 29.5 Å². The summed E-state index contributed by atoms with van der Waals surface area (Å²) in [7, 11) is 0. The van der Waals surface area contributed by atoms with E-state index in [-0.39, 0.29) is 12.2 Å². The highest BCUT2D eigenvalue weighted by atomic mass is 35.5. The number of fused-ring (bicyclic) bond motifs is 3. The van der Waals surface area contributed by atoms with Crippen LogP contribution < -0.4 is 5.56 Å². The van der Waals surface area contributed by atoms with E-state index < -0.39 is 5.97 Å². The molecule has 0 bridgehead atoms. The number of hydrogen-bond acceptors (Lipinski definition) is 4. The van der Waals surface area contributed by atoms with Crippen LogP contribution in [0.25, 0.3) is 27.3 Å². The van der Waals surface area contributed by atoms with Crippen LogP contribution in [0.4, 0.5) is 0 Å². The van der Waals surface area contributed by atoms with Gasteiger partial charge in [0.25, 0.3) is 5.56 Å². The summed E-state index contributed by atoms with van der Waals surface area (Å²) in [6.45, 7) is 2.01. The van der Waals surface area contributed by atoms with Gasteiger partial charge in [-0.05, 0) is 25.1 Å².